The maximum Gasteiger partial charge on any atom is 0.247 e. The molecule has 88 valence electrons. The van der Waals surface area contributed by atoms with Crippen LogP contribution in [0.2, 0.25) is 0 Å². The summed E-state index contributed by atoms with van der Waals surface area (Å²) in [6.45, 7) is 4.04. The molecule has 2 fully saturated rings. The van der Waals surface area contributed by atoms with E-state index in [0.29, 0.717) is 13.0 Å². The van der Waals surface area contributed by atoms with Crippen LogP contribution in [0.4, 0.5) is 0 Å². The third-order valence-corrected chi connectivity index (χ3v) is 3.15. The summed E-state index contributed by atoms with van der Waals surface area (Å²) >= 11 is 0. The molecular weight excluding hydrogens is 206 g/mol. The fourth-order valence-corrected chi connectivity index (χ4v) is 1.83. The smallest absolute Gasteiger partial charge is 0.247 e. The van der Waals surface area contributed by atoms with Gasteiger partial charge in [-0.25, -0.2) is 0 Å². The van der Waals surface area contributed by atoms with Gasteiger partial charge in [0, 0.05) is 37.7 Å². The van der Waals surface area contributed by atoms with Crippen LogP contribution in [-0.4, -0.2) is 37.5 Å². The Morgan fingerprint density at radius 2 is 2.19 bits per heavy atom. The molecule has 1 atom stereocenters. The molecule has 0 radical (unpaired) electrons. The van der Waals surface area contributed by atoms with Gasteiger partial charge in [-0.05, 0) is 18.9 Å². The second-order valence-electron chi connectivity index (χ2n) is 4.35. The van der Waals surface area contributed by atoms with Crippen molar-refractivity contribution in [1.82, 2.24) is 16.0 Å². The molecule has 0 aromatic carbocycles. The molecule has 2 saturated heterocycles. The van der Waals surface area contributed by atoms with Crippen LogP contribution in [0.25, 0.3) is 0 Å². The molecule has 2 aliphatic heterocycles. The van der Waals surface area contributed by atoms with Gasteiger partial charge in [0.05, 0.1) is 0 Å². The number of rotatable bonds is 2. The van der Waals surface area contributed by atoms with Crippen LogP contribution in [-0.2, 0) is 9.59 Å². The highest BCUT2D eigenvalue weighted by atomic mass is 16.2. The third kappa shape index (κ3) is 2.41. The largest absolute Gasteiger partial charge is 0.354 e. The summed E-state index contributed by atoms with van der Waals surface area (Å²) in [5.74, 6) is 0.0708. The molecule has 1 unspecified atom stereocenters. The Bertz CT molecular complexity index is 333. The Kier molecular flexibility index (Phi) is 3.24. The average molecular weight is 223 g/mol. The van der Waals surface area contributed by atoms with Crippen LogP contribution in [0, 0.1) is 0 Å². The zero-order valence-corrected chi connectivity index (χ0v) is 9.43. The average Bonchev–Trinajstić information content (AvgIpc) is 2.19. The number of piperidine rings is 1. The Morgan fingerprint density at radius 3 is 2.69 bits per heavy atom. The lowest BCUT2D eigenvalue weighted by Crippen LogP contribution is -2.48. The second-order valence-corrected chi connectivity index (χ2v) is 4.35. The molecule has 2 heterocycles. The van der Waals surface area contributed by atoms with E-state index in [4.69, 9.17) is 0 Å². The van der Waals surface area contributed by atoms with Crippen molar-refractivity contribution in [3.63, 3.8) is 0 Å². The molecule has 5 heteroatoms. The van der Waals surface area contributed by atoms with Crippen molar-refractivity contribution in [2.75, 3.05) is 19.6 Å². The van der Waals surface area contributed by atoms with E-state index in [2.05, 4.69) is 16.0 Å². The van der Waals surface area contributed by atoms with Crippen molar-refractivity contribution >= 4 is 11.8 Å². The predicted octanol–water partition coefficient (Wildman–Crippen LogP) is -0.699. The molecule has 0 aromatic heterocycles. The normalized spacial score (nSPS) is 24.4. The van der Waals surface area contributed by atoms with Gasteiger partial charge in [0.25, 0.3) is 0 Å². The van der Waals surface area contributed by atoms with Gasteiger partial charge in [-0.15, -0.1) is 0 Å². The van der Waals surface area contributed by atoms with Crippen molar-refractivity contribution in [1.29, 1.82) is 0 Å². The molecule has 0 spiro atoms. The minimum atomic E-state index is -0.00218. The maximum atomic E-state index is 11.8. The first kappa shape index (κ1) is 11.1. The highest BCUT2D eigenvalue weighted by Crippen LogP contribution is 2.10. The van der Waals surface area contributed by atoms with Crippen LogP contribution in [0.3, 0.4) is 0 Å². The van der Waals surface area contributed by atoms with Gasteiger partial charge >= 0.3 is 0 Å². The summed E-state index contributed by atoms with van der Waals surface area (Å²) in [7, 11) is 0. The Balaban J connectivity index is 1.85. The Hall–Kier alpha value is -1.36. The van der Waals surface area contributed by atoms with Gasteiger partial charge in [-0.3, -0.25) is 9.59 Å². The minimum absolute atomic E-state index is 0.00218. The lowest BCUT2D eigenvalue weighted by Gasteiger charge is -2.26. The number of amides is 2. The third-order valence-electron chi connectivity index (χ3n) is 3.15. The van der Waals surface area contributed by atoms with Crippen LogP contribution in [0.5, 0.6) is 0 Å². The first-order valence-corrected chi connectivity index (χ1v) is 5.63. The quantitative estimate of drug-likeness (QED) is 0.542. The van der Waals surface area contributed by atoms with E-state index in [1.807, 2.05) is 6.92 Å². The van der Waals surface area contributed by atoms with Crippen LogP contribution >= 0.6 is 0 Å². The van der Waals surface area contributed by atoms with Gasteiger partial charge in [0.15, 0.2) is 0 Å². The molecular formula is C11H17N3O2. The standard InChI is InChI=1S/C11H17N3O2/c1-7(8-4-12-5-8)11(16)14-9-2-3-10(15)13-6-9/h9,12H,2-6H2,1H3,(H,13,15)(H,14,16). The van der Waals surface area contributed by atoms with Gasteiger partial charge in [-0.2, -0.15) is 0 Å². The van der Waals surface area contributed by atoms with Crippen LogP contribution in [0.1, 0.15) is 19.8 Å². The van der Waals surface area contributed by atoms with E-state index in [1.54, 1.807) is 0 Å². The van der Waals surface area contributed by atoms with Crippen molar-refractivity contribution in [2.45, 2.75) is 25.8 Å². The van der Waals surface area contributed by atoms with Crippen LogP contribution < -0.4 is 16.0 Å². The zero-order valence-electron chi connectivity index (χ0n) is 9.43. The van der Waals surface area contributed by atoms with E-state index in [0.717, 1.165) is 25.1 Å². The zero-order chi connectivity index (χ0) is 11.5. The summed E-state index contributed by atoms with van der Waals surface area (Å²) in [5.41, 5.74) is 1.99. The summed E-state index contributed by atoms with van der Waals surface area (Å²) < 4.78 is 0. The summed E-state index contributed by atoms with van der Waals surface area (Å²) in [4.78, 5) is 22.8. The molecule has 2 aliphatic rings. The van der Waals surface area contributed by atoms with Crippen molar-refractivity contribution in [3.8, 4) is 0 Å². The number of nitrogens with one attached hydrogen (secondary N) is 3. The van der Waals surface area contributed by atoms with E-state index < -0.39 is 0 Å². The van der Waals surface area contributed by atoms with Gasteiger partial charge in [0.1, 0.15) is 0 Å². The van der Waals surface area contributed by atoms with Crippen molar-refractivity contribution in [3.05, 3.63) is 11.1 Å². The lowest BCUT2D eigenvalue weighted by molar-refractivity contribution is -0.124. The number of hydrogen-bond acceptors (Lipinski definition) is 3. The summed E-state index contributed by atoms with van der Waals surface area (Å²) in [6, 6.07) is 0.0776. The van der Waals surface area contributed by atoms with E-state index >= 15 is 0 Å². The van der Waals surface area contributed by atoms with E-state index in [9.17, 15) is 9.59 Å². The maximum absolute atomic E-state index is 11.8. The summed E-state index contributed by atoms with van der Waals surface area (Å²) in [5, 5.41) is 8.81. The molecule has 0 saturated carbocycles. The van der Waals surface area contributed by atoms with E-state index in [-0.39, 0.29) is 17.9 Å². The molecule has 2 rings (SSSR count). The topological polar surface area (TPSA) is 70.2 Å². The first-order chi connectivity index (χ1) is 7.66. The lowest BCUT2D eigenvalue weighted by atomic mass is 10.0. The molecule has 5 nitrogen and oxygen atoms in total. The van der Waals surface area contributed by atoms with Gasteiger partial charge < -0.3 is 16.0 Å². The van der Waals surface area contributed by atoms with Crippen LogP contribution in [0.15, 0.2) is 11.1 Å². The van der Waals surface area contributed by atoms with Gasteiger partial charge in [0.2, 0.25) is 11.8 Å². The molecule has 3 N–H and O–H groups in total. The molecule has 2 amide bonds. The summed E-state index contributed by atoms with van der Waals surface area (Å²) in [6.07, 6.45) is 1.24. The highest BCUT2D eigenvalue weighted by molar-refractivity contribution is 5.94. The Morgan fingerprint density at radius 1 is 1.44 bits per heavy atom. The Labute approximate surface area is 94.7 Å². The van der Waals surface area contributed by atoms with Crippen molar-refractivity contribution < 1.29 is 9.59 Å². The number of carbonyl (C=O) groups excluding carboxylic acids is 2. The fourth-order valence-electron chi connectivity index (χ4n) is 1.83. The fraction of sp³-hybridized carbons (Fsp3) is 0.636. The number of hydrogen-bond donors (Lipinski definition) is 3. The van der Waals surface area contributed by atoms with Gasteiger partial charge in [-0.1, -0.05) is 0 Å². The predicted molar refractivity (Wildman–Crippen MR) is 59.7 cm³/mol. The highest BCUT2D eigenvalue weighted by Gasteiger charge is 2.22. The molecule has 0 aliphatic carbocycles. The number of carbonyl (C=O) groups is 2. The molecule has 0 bridgehead atoms. The minimum Gasteiger partial charge on any atom is -0.354 e. The molecule has 0 aromatic rings. The first-order valence-electron chi connectivity index (χ1n) is 5.63. The SMILES string of the molecule is CC(C(=O)NC1CCC(=O)NC1)=C1CNC1. The second kappa shape index (κ2) is 4.65. The van der Waals surface area contributed by atoms with Crippen molar-refractivity contribution in [2.24, 2.45) is 0 Å². The molecule has 16 heavy (non-hydrogen) atoms. The van der Waals surface area contributed by atoms with E-state index in [1.165, 1.54) is 5.57 Å². The monoisotopic (exact) mass is 223 g/mol.